The van der Waals surface area contributed by atoms with Crippen molar-refractivity contribution in [2.45, 2.75) is 12.5 Å². The summed E-state index contributed by atoms with van der Waals surface area (Å²) in [7, 11) is -3.48. The number of sulfonamides is 1. The Hall–Kier alpha value is -1.96. The van der Waals surface area contributed by atoms with Crippen LogP contribution in [0.2, 0.25) is 0 Å². The van der Waals surface area contributed by atoms with E-state index in [0.29, 0.717) is 6.54 Å². The van der Waals surface area contributed by atoms with Gasteiger partial charge in [-0.25, -0.2) is 8.42 Å². The summed E-state index contributed by atoms with van der Waals surface area (Å²) in [6.45, 7) is 4.12. The Morgan fingerprint density at radius 2 is 2.08 bits per heavy atom. The number of fused-ring (bicyclic) bond motifs is 1. The molecule has 0 N–H and O–H groups in total. The number of hydrogen-bond donors (Lipinski definition) is 0. The second-order valence-electron chi connectivity index (χ2n) is 6.29. The molecule has 0 spiro atoms. The van der Waals surface area contributed by atoms with Gasteiger partial charge in [-0.2, -0.15) is 4.31 Å². The number of amides is 1. The highest BCUT2D eigenvalue weighted by atomic mass is 32.2. The molecule has 1 aromatic heterocycles. The van der Waals surface area contributed by atoms with Gasteiger partial charge in [0.2, 0.25) is 15.9 Å². The van der Waals surface area contributed by atoms with E-state index in [-0.39, 0.29) is 25.0 Å². The molecular formula is C19H22N2O3S2. The van der Waals surface area contributed by atoms with Crippen LogP contribution < -0.4 is 0 Å². The van der Waals surface area contributed by atoms with Gasteiger partial charge in [-0.1, -0.05) is 36.4 Å². The van der Waals surface area contributed by atoms with Gasteiger partial charge >= 0.3 is 0 Å². The SMILES string of the molecule is C=CCN(CC(=O)N1CCc2sccc2[C@@H]1c1ccccc1)S(C)(=O)=O. The van der Waals surface area contributed by atoms with E-state index in [1.54, 1.807) is 16.2 Å². The first-order valence-corrected chi connectivity index (χ1v) is 11.1. The molecule has 5 nitrogen and oxygen atoms in total. The van der Waals surface area contributed by atoms with E-state index in [9.17, 15) is 13.2 Å². The van der Waals surface area contributed by atoms with Crippen LogP contribution in [0, 0.1) is 0 Å². The van der Waals surface area contributed by atoms with Crippen LogP contribution in [0.1, 0.15) is 22.0 Å². The first-order chi connectivity index (χ1) is 12.4. The summed E-state index contributed by atoms with van der Waals surface area (Å²) in [5.41, 5.74) is 2.17. The lowest BCUT2D eigenvalue weighted by molar-refractivity contribution is -0.133. The van der Waals surface area contributed by atoms with Gasteiger partial charge < -0.3 is 4.90 Å². The average Bonchev–Trinajstić information content (AvgIpc) is 3.09. The molecule has 1 aliphatic heterocycles. The predicted octanol–water partition coefficient (Wildman–Crippen LogP) is 2.67. The minimum absolute atomic E-state index is 0.123. The molecular weight excluding hydrogens is 368 g/mol. The normalized spacial score (nSPS) is 17.2. The van der Waals surface area contributed by atoms with Crippen molar-refractivity contribution in [3.05, 3.63) is 70.4 Å². The lowest BCUT2D eigenvalue weighted by Crippen LogP contribution is -2.46. The Labute approximate surface area is 158 Å². The molecule has 2 heterocycles. The smallest absolute Gasteiger partial charge is 0.238 e. The van der Waals surface area contributed by atoms with Gasteiger partial charge in [0, 0.05) is 18.0 Å². The number of benzene rings is 1. The largest absolute Gasteiger partial charge is 0.330 e. The molecule has 138 valence electrons. The molecule has 0 radical (unpaired) electrons. The molecule has 7 heteroatoms. The highest BCUT2D eigenvalue weighted by Crippen LogP contribution is 2.37. The third-order valence-electron chi connectivity index (χ3n) is 4.51. The summed E-state index contributed by atoms with van der Waals surface area (Å²) in [5, 5.41) is 2.05. The summed E-state index contributed by atoms with van der Waals surface area (Å²) in [5.74, 6) is -0.192. The zero-order valence-corrected chi connectivity index (χ0v) is 16.3. The number of carbonyl (C=O) groups is 1. The lowest BCUT2D eigenvalue weighted by atomic mass is 9.93. The van der Waals surface area contributed by atoms with Gasteiger partial charge in [0.1, 0.15) is 0 Å². The first kappa shape index (κ1) is 18.8. The molecule has 26 heavy (non-hydrogen) atoms. The molecule has 0 fully saturated rings. The van der Waals surface area contributed by atoms with E-state index in [2.05, 4.69) is 18.0 Å². The van der Waals surface area contributed by atoms with Crippen LogP contribution in [0.25, 0.3) is 0 Å². The van der Waals surface area contributed by atoms with E-state index in [0.717, 1.165) is 28.1 Å². The fourth-order valence-electron chi connectivity index (χ4n) is 3.28. The Morgan fingerprint density at radius 3 is 2.73 bits per heavy atom. The van der Waals surface area contributed by atoms with Crippen LogP contribution in [0.15, 0.2) is 54.4 Å². The van der Waals surface area contributed by atoms with E-state index in [1.807, 2.05) is 30.3 Å². The monoisotopic (exact) mass is 390 g/mol. The van der Waals surface area contributed by atoms with Crippen LogP contribution in [-0.4, -0.2) is 49.4 Å². The third-order valence-corrected chi connectivity index (χ3v) is 6.73. The fraction of sp³-hybridized carbons (Fsp3) is 0.316. The van der Waals surface area contributed by atoms with Gasteiger partial charge in [-0.3, -0.25) is 4.79 Å². The molecule has 0 unspecified atom stereocenters. The van der Waals surface area contributed by atoms with Gasteiger partial charge in [-0.15, -0.1) is 17.9 Å². The van der Waals surface area contributed by atoms with Crippen LogP contribution in [0.3, 0.4) is 0 Å². The summed E-state index contributed by atoms with van der Waals surface area (Å²) in [6.07, 6.45) is 3.41. The summed E-state index contributed by atoms with van der Waals surface area (Å²) >= 11 is 1.71. The average molecular weight is 391 g/mol. The first-order valence-electron chi connectivity index (χ1n) is 8.38. The number of hydrogen-bond acceptors (Lipinski definition) is 4. The van der Waals surface area contributed by atoms with Crippen molar-refractivity contribution in [1.29, 1.82) is 0 Å². The number of nitrogens with zero attached hydrogens (tertiary/aromatic N) is 2. The van der Waals surface area contributed by atoms with Crippen molar-refractivity contribution in [1.82, 2.24) is 9.21 Å². The quantitative estimate of drug-likeness (QED) is 0.713. The molecule has 1 aromatic carbocycles. The predicted molar refractivity (Wildman–Crippen MR) is 105 cm³/mol. The molecule has 0 bridgehead atoms. The molecule has 0 saturated heterocycles. The van der Waals surface area contributed by atoms with Crippen LogP contribution in [0.5, 0.6) is 0 Å². The number of carbonyl (C=O) groups excluding carboxylic acids is 1. The zero-order chi connectivity index (χ0) is 18.7. The maximum absolute atomic E-state index is 13.0. The third kappa shape index (κ3) is 3.90. The highest BCUT2D eigenvalue weighted by Gasteiger charge is 2.34. The highest BCUT2D eigenvalue weighted by molar-refractivity contribution is 7.88. The van der Waals surface area contributed by atoms with E-state index < -0.39 is 10.0 Å². The van der Waals surface area contributed by atoms with Crippen molar-refractivity contribution in [3.8, 4) is 0 Å². The molecule has 0 saturated carbocycles. The van der Waals surface area contributed by atoms with E-state index in [1.165, 1.54) is 11.0 Å². The van der Waals surface area contributed by atoms with Crippen LogP contribution in [0.4, 0.5) is 0 Å². The van der Waals surface area contributed by atoms with Gasteiger partial charge in [0.25, 0.3) is 0 Å². The number of thiophene rings is 1. The summed E-state index contributed by atoms with van der Waals surface area (Å²) < 4.78 is 25.1. The molecule has 1 amide bonds. The minimum Gasteiger partial charge on any atom is -0.330 e. The Bertz CT molecular complexity index is 891. The van der Waals surface area contributed by atoms with Crippen LogP contribution >= 0.6 is 11.3 Å². The standard InChI is InChI=1S/C19H22N2O3S2/c1-3-11-20(26(2,23)24)14-18(22)21-12-9-17-16(10-13-25-17)19(21)15-7-5-4-6-8-15/h3-8,10,13,19H,1,9,11-12,14H2,2H3/t19-/m0/s1. The van der Waals surface area contributed by atoms with Crippen molar-refractivity contribution >= 4 is 27.3 Å². The molecule has 2 aromatic rings. The Balaban J connectivity index is 1.92. The second kappa shape index (κ2) is 7.73. The number of rotatable bonds is 6. The lowest BCUT2D eigenvalue weighted by Gasteiger charge is -2.37. The molecule has 1 aliphatic rings. The Morgan fingerprint density at radius 1 is 1.35 bits per heavy atom. The van der Waals surface area contributed by atoms with Gasteiger partial charge in [0.05, 0.1) is 18.8 Å². The molecule has 3 rings (SSSR count). The van der Waals surface area contributed by atoms with Crippen molar-refractivity contribution in [3.63, 3.8) is 0 Å². The van der Waals surface area contributed by atoms with Gasteiger partial charge in [-0.05, 0) is 29.0 Å². The summed E-state index contributed by atoms with van der Waals surface area (Å²) in [4.78, 5) is 16.1. The summed E-state index contributed by atoms with van der Waals surface area (Å²) in [6, 6.07) is 11.8. The Kier molecular flexibility index (Phi) is 5.60. The topological polar surface area (TPSA) is 57.7 Å². The minimum atomic E-state index is -3.48. The van der Waals surface area contributed by atoms with Crippen molar-refractivity contribution in [2.24, 2.45) is 0 Å². The molecule has 1 atom stereocenters. The van der Waals surface area contributed by atoms with Crippen LogP contribution in [-0.2, 0) is 21.2 Å². The molecule has 0 aliphatic carbocycles. The van der Waals surface area contributed by atoms with Crippen molar-refractivity contribution in [2.75, 3.05) is 25.9 Å². The van der Waals surface area contributed by atoms with E-state index in [4.69, 9.17) is 0 Å². The van der Waals surface area contributed by atoms with Crippen molar-refractivity contribution < 1.29 is 13.2 Å². The van der Waals surface area contributed by atoms with E-state index >= 15 is 0 Å². The van der Waals surface area contributed by atoms with Gasteiger partial charge in [0.15, 0.2) is 0 Å². The fourth-order valence-corrected chi connectivity index (χ4v) is 4.91. The zero-order valence-electron chi connectivity index (χ0n) is 14.7. The maximum Gasteiger partial charge on any atom is 0.238 e. The maximum atomic E-state index is 13.0. The second-order valence-corrected chi connectivity index (χ2v) is 9.28.